The summed E-state index contributed by atoms with van der Waals surface area (Å²) >= 11 is 5.20. The second-order valence-electron chi connectivity index (χ2n) is 5.01. The number of anilines is 1. The summed E-state index contributed by atoms with van der Waals surface area (Å²) in [6.45, 7) is 3.80. The van der Waals surface area contributed by atoms with E-state index in [4.69, 9.17) is 17.0 Å². The minimum atomic E-state index is 0.131. The molecule has 0 saturated heterocycles. The van der Waals surface area contributed by atoms with Crippen LogP contribution in [0.4, 0.5) is 5.69 Å². The van der Waals surface area contributed by atoms with Gasteiger partial charge in [0.2, 0.25) is 0 Å². The summed E-state index contributed by atoms with van der Waals surface area (Å²) in [5.41, 5.74) is 5.99. The number of aryl methyl sites for hydroxylation is 1. The standard InChI is InChI=1S/C17H19N3O2S/c1-11-4-6-13(7-5-11)18-17(23)20-19-12(2)15-10-14(22-3)8-9-16(15)21/h4-10,21H,1-3H3,(H2,18,20,23)/b19-12+. The average molecular weight is 329 g/mol. The van der Waals surface area contributed by atoms with Crippen LogP contribution in [-0.2, 0) is 0 Å². The lowest BCUT2D eigenvalue weighted by atomic mass is 10.1. The zero-order valence-corrected chi connectivity index (χ0v) is 14.1. The number of rotatable bonds is 4. The van der Waals surface area contributed by atoms with Gasteiger partial charge in [0.05, 0.1) is 12.8 Å². The first-order chi connectivity index (χ1) is 11.0. The highest BCUT2D eigenvalue weighted by Gasteiger charge is 2.07. The van der Waals surface area contributed by atoms with Crippen molar-refractivity contribution in [2.24, 2.45) is 5.10 Å². The number of aromatic hydroxyl groups is 1. The normalized spacial score (nSPS) is 11.0. The third-order valence-corrected chi connectivity index (χ3v) is 3.42. The van der Waals surface area contributed by atoms with Crippen molar-refractivity contribution in [2.45, 2.75) is 13.8 Å². The number of phenols is 1. The highest BCUT2D eigenvalue weighted by atomic mass is 32.1. The summed E-state index contributed by atoms with van der Waals surface area (Å²) in [4.78, 5) is 0. The second kappa shape index (κ2) is 7.60. The van der Waals surface area contributed by atoms with E-state index >= 15 is 0 Å². The second-order valence-corrected chi connectivity index (χ2v) is 5.42. The first-order valence-electron chi connectivity index (χ1n) is 7.05. The molecule has 0 amide bonds. The van der Waals surface area contributed by atoms with Gasteiger partial charge in [0.1, 0.15) is 11.5 Å². The number of hydrazone groups is 1. The fraction of sp³-hybridized carbons (Fsp3) is 0.176. The summed E-state index contributed by atoms with van der Waals surface area (Å²) in [6.07, 6.45) is 0. The molecule has 0 aliphatic rings. The van der Waals surface area contributed by atoms with E-state index < -0.39 is 0 Å². The van der Waals surface area contributed by atoms with E-state index in [1.54, 1.807) is 32.2 Å². The van der Waals surface area contributed by atoms with E-state index in [-0.39, 0.29) is 5.75 Å². The van der Waals surface area contributed by atoms with Gasteiger partial charge in [0.25, 0.3) is 0 Å². The summed E-state index contributed by atoms with van der Waals surface area (Å²) in [6, 6.07) is 12.8. The van der Waals surface area contributed by atoms with Crippen LogP contribution in [-0.4, -0.2) is 23.0 Å². The molecule has 3 N–H and O–H groups in total. The molecular weight excluding hydrogens is 310 g/mol. The molecule has 0 heterocycles. The molecule has 0 saturated carbocycles. The van der Waals surface area contributed by atoms with Gasteiger partial charge in [-0.15, -0.1) is 0 Å². The van der Waals surface area contributed by atoms with Gasteiger partial charge in [-0.05, 0) is 56.4 Å². The van der Waals surface area contributed by atoms with E-state index in [9.17, 15) is 5.11 Å². The predicted octanol–water partition coefficient (Wildman–Crippen LogP) is 3.42. The van der Waals surface area contributed by atoms with Crippen molar-refractivity contribution in [3.63, 3.8) is 0 Å². The SMILES string of the molecule is COc1ccc(O)c(/C(C)=N/NC(=S)Nc2ccc(C)cc2)c1. The highest BCUT2D eigenvalue weighted by molar-refractivity contribution is 7.80. The first kappa shape index (κ1) is 16.8. The van der Waals surface area contributed by atoms with Crippen LogP contribution in [0.1, 0.15) is 18.1 Å². The molecule has 0 radical (unpaired) electrons. The number of ether oxygens (including phenoxy) is 1. The lowest BCUT2D eigenvalue weighted by molar-refractivity contribution is 0.412. The minimum Gasteiger partial charge on any atom is -0.507 e. The molecule has 23 heavy (non-hydrogen) atoms. The van der Waals surface area contributed by atoms with Crippen molar-refractivity contribution in [3.8, 4) is 11.5 Å². The van der Waals surface area contributed by atoms with Crippen LogP contribution in [0.3, 0.4) is 0 Å². The summed E-state index contributed by atoms with van der Waals surface area (Å²) in [5, 5.41) is 17.5. The van der Waals surface area contributed by atoms with Crippen molar-refractivity contribution in [2.75, 3.05) is 12.4 Å². The number of hydrogen-bond acceptors (Lipinski definition) is 4. The van der Waals surface area contributed by atoms with E-state index in [1.807, 2.05) is 31.2 Å². The first-order valence-corrected chi connectivity index (χ1v) is 7.45. The number of nitrogens with zero attached hydrogens (tertiary/aromatic N) is 1. The number of phenolic OH excluding ortho intramolecular Hbond substituents is 1. The van der Waals surface area contributed by atoms with Gasteiger partial charge in [-0.1, -0.05) is 17.7 Å². The summed E-state index contributed by atoms with van der Waals surface area (Å²) in [7, 11) is 1.57. The van der Waals surface area contributed by atoms with Crippen molar-refractivity contribution in [1.29, 1.82) is 0 Å². The molecule has 0 aliphatic carbocycles. The molecule has 0 fully saturated rings. The Morgan fingerprint density at radius 2 is 1.87 bits per heavy atom. The summed E-state index contributed by atoms with van der Waals surface area (Å²) in [5.74, 6) is 0.777. The van der Waals surface area contributed by atoms with Crippen LogP contribution >= 0.6 is 12.2 Å². The van der Waals surface area contributed by atoms with Crippen LogP contribution in [0.15, 0.2) is 47.6 Å². The van der Waals surface area contributed by atoms with E-state index in [0.717, 1.165) is 5.69 Å². The van der Waals surface area contributed by atoms with Crippen LogP contribution in [0, 0.1) is 6.92 Å². The fourth-order valence-corrected chi connectivity index (χ4v) is 2.09. The Hall–Kier alpha value is -2.60. The van der Waals surface area contributed by atoms with Gasteiger partial charge in [0, 0.05) is 11.3 Å². The Labute approximate surface area is 141 Å². The zero-order valence-electron chi connectivity index (χ0n) is 13.3. The lowest BCUT2D eigenvalue weighted by Crippen LogP contribution is -2.25. The van der Waals surface area contributed by atoms with Crippen LogP contribution in [0.25, 0.3) is 0 Å². The number of benzene rings is 2. The molecule has 2 aromatic carbocycles. The molecule has 6 heteroatoms. The molecule has 0 atom stereocenters. The Balaban J connectivity index is 2.04. The molecular formula is C17H19N3O2S. The number of nitrogens with one attached hydrogen (secondary N) is 2. The van der Waals surface area contributed by atoms with Gasteiger partial charge in [-0.25, -0.2) is 0 Å². The van der Waals surface area contributed by atoms with E-state index in [1.165, 1.54) is 5.56 Å². The topological polar surface area (TPSA) is 65.9 Å². The molecule has 2 aromatic rings. The molecule has 0 aromatic heterocycles. The Kier molecular flexibility index (Phi) is 5.54. The van der Waals surface area contributed by atoms with Crippen molar-refractivity contribution < 1.29 is 9.84 Å². The third kappa shape index (κ3) is 4.69. The van der Waals surface area contributed by atoms with Crippen LogP contribution in [0.5, 0.6) is 11.5 Å². The maximum absolute atomic E-state index is 9.91. The molecule has 0 spiro atoms. The fourth-order valence-electron chi connectivity index (χ4n) is 1.92. The third-order valence-electron chi connectivity index (χ3n) is 3.23. The van der Waals surface area contributed by atoms with Gasteiger partial charge >= 0.3 is 0 Å². The van der Waals surface area contributed by atoms with Crippen molar-refractivity contribution in [3.05, 3.63) is 53.6 Å². The predicted molar refractivity (Wildman–Crippen MR) is 97.4 cm³/mol. The van der Waals surface area contributed by atoms with Gasteiger partial charge < -0.3 is 15.2 Å². The van der Waals surface area contributed by atoms with Gasteiger partial charge in [-0.3, -0.25) is 5.43 Å². The molecule has 0 aliphatic heterocycles. The number of methoxy groups -OCH3 is 1. The van der Waals surface area contributed by atoms with Crippen LogP contribution in [0.2, 0.25) is 0 Å². The Morgan fingerprint density at radius 3 is 2.52 bits per heavy atom. The molecule has 0 bridgehead atoms. The number of hydrogen-bond donors (Lipinski definition) is 3. The van der Waals surface area contributed by atoms with Crippen molar-refractivity contribution >= 4 is 28.7 Å². The summed E-state index contributed by atoms with van der Waals surface area (Å²) < 4.78 is 5.15. The average Bonchev–Trinajstić information content (AvgIpc) is 2.55. The molecule has 120 valence electrons. The van der Waals surface area contributed by atoms with Crippen molar-refractivity contribution in [1.82, 2.24) is 5.43 Å². The highest BCUT2D eigenvalue weighted by Crippen LogP contribution is 2.23. The largest absolute Gasteiger partial charge is 0.507 e. The van der Waals surface area contributed by atoms with Crippen LogP contribution < -0.4 is 15.5 Å². The maximum atomic E-state index is 9.91. The molecule has 2 rings (SSSR count). The zero-order chi connectivity index (χ0) is 16.8. The monoisotopic (exact) mass is 329 g/mol. The molecule has 0 unspecified atom stereocenters. The Bertz CT molecular complexity index is 727. The minimum absolute atomic E-state index is 0.131. The molecule has 5 nitrogen and oxygen atoms in total. The van der Waals surface area contributed by atoms with Gasteiger partial charge in [-0.2, -0.15) is 5.10 Å². The smallest absolute Gasteiger partial charge is 0.191 e. The Morgan fingerprint density at radius 1 is 1.17 bits per heavy atom. The lowest BCUT2D eigenvalue weighted by Gasteiger charge is -2.10. The van der Waals surface area contributed by atoms with Gasteiger partial charge in [0.15, 0.2) is 5.11 Å². The number of thiocarbonyl (C=S) groups is 1. The quantitative estimate of drug-likeness (QED) is 0.456. The van der Waals surface area contributed by atoms with E-state index in [0.29, 0.717) is 22.1 Å². The van der Waals surface area contributed by atoms with E-state index in [2.05, 4.69) is 15.8 Å². The maximum Gasteiger partial charge on any atom is 0.191 e.